The van der Waals surface area contributed by atoms with Gasteiger partial charge in [0.25, 0.3) is 0 Å². The Labute approximate surface area is 121 Å². The van der Waals surface area contributed by atoms with Crippen LogP contribution in [-0.2, 0) is 13.2 Å². The minimum absolute atomic E-state index is 0.616. The third-order valence-corrected chi connectivity index (χ3v) is 3.27. The maximum Gasteiger partial charge on any atom is 0.120 e. The van der Waals surface area contributed by atoms with E-state index < -0.39 is 0 Å². The molecule has 2 aromatic rings. The van der Waals surface area contributed by atoms with Gasteiger partial charge >= 0.3 is 0 Å². The van der Waals surface area contributed by atoms with E-state index in [2.05, 4.69) is 68.6 Å². The van der Waals surface area contributed by atoms with Gasteiger partial charge in [-0.3, -0.25) is 0 Å². The first-order valence-electron chi connectivity index (χ1n) is 7.17. The van der Waals surface area contributed by atoms with Crippen LogP contribution in [0.3, 0.4) is 0 Å². The Kier molecular flexibility index (Phi) is 5.19. The summed E-state index contributed by atoms with van der Waals surface area (Å²) >= 11 is 0. The molecule has 0 saturated carbocycles. The van der Waals surface area contributed by atoms with Crippen LogP contribution < -0.4 is 10.1 Å². The summed E-state index contributed by atoms with van der Waals surface area (Å²) in [5, 5.41) is 3.37. The average molecular weight is 269 g/mol. The lowest BCUT2D eigenvalue weighted by Crippen LogP contribution is -2.13. The van der Waals surface area contributed by atoms with E-state index in [9.17, 15) is 0 Å². The number of hydrogen-bond donors (Lipinski definition) is 1. The van der Waals surface area contributed by atoms with Crippen molar-refractivity contribution in [2.24, 2.45) is 0 Å². The molecule has 0 atom stereocenters. The molecule has 0 unspecified atom stereocenters. The normalized spacial score (nSPS) is 10.6. The fourth-order valence-electron chi connectivity index (χ4n) is 2.31. The Morgan fingerprint density at radius 1 is 0.950 bits per heavy atom. The highest BCUT2D eigenvalue weighted by Crippen LogP contribution is 2.18. The van der Waals surface area contributed by atoms with Crippen LogP contribution in [0.5, 0.6) is 5.75 Å². The van der Waals surface area contributed by atoms with Crippen LogP contribution in [0.1, 0.15) is 29.2 Å². The molecule has 0 aromatic heterocycles. The number of aryl methyl sites for hydroxylation is 2. The second kappa shape index (κ2) is 7.11. The molecular weight excluding hydrogens is 246 g/mol. The number of nitrogens with one attached hydrogen (secondary N) is 1. The predicted molar refractivity (Wildman–Crippen MR) is 84.1 cm³/mol. The van der Waals surface area contributed by atoms with E-state index in [0.29, 0.717) is 6.61 Å². The molecule has 0 heterocycles. The number of benzene rings is 2. The lowest BCUT2D eigenvalue weighted by molar-refractivity contribution is 0.304. The Morgan fingerprint density at radius 3 is 2.25 bits per heavy atom. The molecule has 2 rings (SSSR count). The summed E-state index contributed by atoms with van der Waals surface area (Å²) in [7, 11) is 0. The summed E-state index contributed by atoms with van der Waals surface area (Å²) in [6.45, 7) is 8.80. The molecule has 0 radical (unpaired) electrons. The second-order valence-corrected chi connectivity index (χ2v) is 5.16. The van der Waals surface area contributed by atoms with Gasteiger partial charge in [0.2, 0.25) is 0 Å². The molecule has 0 amide bonds. The van der Waals surface area contributed by atoms with Gasteiger partial charge in [-0.05, 0) is 54.8 Å². The van der Waals surface area contributed by atoms with Crippen molar-refractivity contribution in [1.29, 1.82) is 0 Å². The van der Waals surface area contributed by atoms with Crippen molar-refractivity contribution in [2.45, 2.75) is 33.9 Å². The van der Waals surface area contributed by atoms with Crippen molar-refractivity contribution in [3.05, 3.63) is 64.7 Å². The molecule has 0 aliphatic rings. The lowest BCUT2D eigenvalue weighted by atomic mass is 10.1. The highest BCUT2D eigenvalue weighted by Gasteiger charge is 2.03. The monoisotopic (exact) mass is 269 g/mol. The van der Waals surface area contributed by atoms with Gasteiger partial charge in [-0.15, -0.1) is 0 Å². The van der Waals surface area contributed by atoms with Gasteiger partial charge in [0.1, 0.15) is 12.4 Å². The summed E-state index contributed by atoms with van der Waals surface area (Å²) in [5.41, 5.74) is 5.02. The van der Waals surface area contributed by atoms with Crippen LogP contribution in [0.4, 0.5) is 0 Å². The zero-order valence-electron chi connectivity index (χ0n) is 12.6. The first-order valence-corrected chi connectivity index (χ1v) is 7.17. The van der Waals surface area contributed by atoms with E-state index >= 15 is 0 Å². The first-order chi connectivity index (χ1) is 9.69. The molecule has 0 fully saturated rings. The number of hydrogen-bond acceptors (Lipinski definition) is 2. The standard InChI is InChI=1S/C18H23NO/c1-4-19-12-16-7-5-6-8-17(16)13-20-18-10-14(2)9-15(3)11-18/h5-11,19H,4,12-13H2,1-3H3. The van der Waals surface area contributed by atoms with Gasteiger partial charge in [0, 0.05) is 6.54 Å². The Balaban J connectivity index is 2.06. The molecule has 1 N–H and O–H groups in total. The van der Waals surface area contributed by atoms with Crippen LogP contribution in [0.25, 0.3) is 0 Å². The zero-order valence-corrected chi connectivity index (χ0v) is 12.6. The lowest BCUT2D eigenvalue weighted by Gasteiger charge is -2.12. The molecule has 0 spiro atoms. The van der Waals surface area contributed by atoms with E-state index in [1.54, 1.807) is 0 Å². The molecular formula is C18H23NO. The Bertz CT molecular complexity index is 543. The molecule has 20 heavy (non-hydrogen) atoms. The summed E-state index contributed by atoms with van der Waals surface area (Å²) in [6.07, 6.45) is 0. The van der Waals surface area contributed by atoms with Crippen molar-refractivity contribution in [2.75, 3.05) is 6.54 Å². The Hall–Kier alpha value is -1.80. The van der Waals surface area contributed by atoms with Gasteiger partial charge in [0.15, 0.2) is 0 Å². The molecule has 2 heteroatoms. The van der Waals surface area contributed by atoms with E-state index in [-0.39, 0.29) is 0 Å². The molecule has 0 aliphatic carbocycles. The fraction of sp³-hybridized carbons (Fsp3) is 0.333. The third kappa shape index (κ3) is 4.10. The van der Waals surface area contributed by atoms with Gasteiger partial charge in [-0.2, -0.15) is 0 Å². The van der Waals surface area contributed by atoms with Crippen LogP contribution in [0.15, 0.2) is 42.5 Å². The zero-order chi connectivity index (χ0) is 14.4. The average Bonchev–Trinajstić information content (AvgIpc) is 2.43. The topological polar surface area (TPSA) is 21.3 Å². The SMILES string of the molecule is CCNCc1ccccc1COc1cc(C)cc(C)c1. The molecule has 0 saturated heterocycles. The van der Waals surface area contributed by atoms with E-state index in [4.69, 9.17) is 4.74 Å². The number of rotatable bonds is 6. The van der Waals surface area contributed by atoms with Crippen molar-refractivity contribution in [1.82, 2.24) is 5.32 Å². The molecule has 0 bridgehead atoms. The van der Waals surface area contributed by atoms with Gasteiger partial charge in [-0.25, -0.2) is 0 Å². The fourth-order valence-corrected chi connectivity index (χ4v) is 2.31. The molecule has 2 aromatic carbocycles. The second-order valence-electron chi connectivity index (χ2n) is 5.16. The van der Waals surface area contributed by atoms with Crippen LogP contribution in [-0.4, -0.2) is 6.54 Å². The van der Waals surface area contributed by atoms with Gasteiger partial charge in [0.05, 0.1) is 0 Å². The first kappa shape index (κ1) is 14.6. The van der Waals surface area contributed by atoms with E-state index in [0.717, 1.165) is 18.8 Å². The van der Waals surface area contributed by atoms with Crippen molar-refractivity contribution in [3.63, 3.8) is 0 Å². The van der Waals surface area contributed by atoms with Crippen molar-refractivity contribution >= 4 is 0 Å². The quantitative estimate of drug-likeness (QED) is 0.856. The summed E-state index contributed by atoms with van der Waals surface area (Å²) in [4.78, 5) is 0. The largest absolute Gasteiger partial charge is 0.489 e. The molecule has 2 nitrogen and oxygen atoms in total. The maximum atomic E-state index is 5.95. The highest BCUT2D eigenvalue weighted by molar-refractivity contribution is 5.34. The molecule has 0 aliphatic heterocycles. The Morgan fingerprint density at radius 2 is 1.60 bits per heavy atom. The summed E-state index contributed by atoms with van der Waals surface area (Å²) in [6, 6.07) is 14.8. The smallest absolute Gasteiger partial charge is 0.120 e. The van der Waals surface area contributed by atoms with Crippen LogP contribution in [0, 0.1) is 13.8 Å². The number of ether oxygens (including phenoxy) is 1. The minimum atomic E-state index is 0.616. The van der Waals surface area contributed by atoms with Crippen LogP contribution in [0.2, 0.25) is 0 Å². The molecule has 106 valence electrons. The summed E-state index contributed by atoms with van der Waals surface area (Å²) in [5.74, 6) is 0.945. The maximum absolute atomic E-state index is 5.95. The van der Waals surface area contributed by atoms with Crippen molar-refractivity contribution < 1.29 is 4.74 Å². The predicted octanol–water partition coefficient (Wildman–Crippen LogP) is 3.99. The highest BCUT2D eigenvalue weighted by atomic mass is 16.5. The summed E-state index contributed by atoms with van der Waals surface area (Å²) < 4.78 is 5.95. The van der Waals surface area contributed by atoms with Crippen molar-refractivity contribution in [3.8, 4) is 5.75 Å². The van der Waals surface area contributed by atoms with Gasteiger partial charge < -0.3 is 10.1 Å². The van der Waals surface area contributed by atoms with E-state index in [1.165, 1.54) is 22.3 Å². The minimum Gasteiger partial charge on any atom is -0.489 e. The third-order valence-electron chi connectivity index (χ3n) is 3.27. The van der Waals surface area contributed by atoms with Gasteiger partial charge in [-0.1, -0.05) is 37.3 Å². The van der Waals surface area contributed by atoms with E-state index in [1.807, 2.05) is 0 Å². The van der Waals surface area contributed by atoms with Crippen LogP contribution >= 0.6 is 0 Å².